The highest BCUT2D eigenvalue weighted by atomic mass is 19.4. The van der Waals surface area contributed by atoms with E-state index < -0.39 is 48.4 Å². The monoisotopic (exact) mass is 595 g/mol. The fraction of sp³-hybridized carbons (Fsp3) is 0.385. The molecule has 1 atom stereocenters. The summed E-state index contributed by atoms with van der Waals surface area (Å²) in [7, 11) is 3.12. The number of imidazole rings is 1. The summed E-state index contributed by atoms with van der Waals surface area (Å²) < 4.78 is 53.7. The molecule has 0 spiro atoms. The number of hydrogen-bond acceptors (Lipinski definition) is 6. The molecule has 0 saturated carbocycles. The van der Waals surface area contributed by atoms with E-state index in [2.05, 4.69) is 25.6 Å². The van der Waals surface area contributed by atoms with Crippen LogP contribution in [-0.4, -0.2) is 73.7 Å². The van der Waals surface area contributed by atoms with Crippen LogP contribution in [0.4, 0.5) is 28.0 Å². The number of halogens is 4. The largest absolute Gasteiger partial charge is 0.465 e. The highest BCUT2D eigenvalue weighted by Crippen LogP contribution is 2.25. The Balaban J connectivity index is 1.82. The van der Waals surface area contributed by atoms with E-state index in [1.165, 1.54) is 33.8 Å². The Hall–Kier alpha value is -4.76. The van der Waals surface area contributed by atoms with Gasteiger partial charge in [0, 0.05) is 32.6 Å². The lowest BCUT2D eigenvalue weighted by Gasteiger charge is -2.17. The molecule has 16 heteroatoms. The molecule has 0 radical (unpaired) electrons. The number of alkyl halides is 3. The summed E-state index contributed by atoms with van der Waals surface area (Å²) in [6.45, 7) is 1.34. The van der Waals surface area contributed by atoms with E-state index in [0.29, 0.717) is 5.69 Å². The number of anilines is 1. The average Bonchev–Trinajstić information content (AvgIpc) is 3.33. The molecule has 3 aromatic rings. The van der Waals surface area contributed by atoms with Crippen molar-refractivity contribution in [1.82, 2.24) is 29.7 Å². The first-order chi connectivity index (χ1) is 19.7. The Bertz CT molecular complexity index is 1560. The van der Waals surface area contributed by atoms with Gasteiger partial charge in [0.05, 0.1) is 24.0 Å². The van der Waals surface area contributed by atoms with Crippen molar-refractivity contribution >= 4 is 34.6 Å². The molecular weight excluding hydrogens is 566 g/mol. The highest BCUT2D eigenvalue weighted by molar-refractivity contribution is 5.96. The van der Waals surface area contributed by atoms with Gasteiger partial charge in [-0.3, -0.25) is 19.4 Å². The molecule has 3 aromatic heterocycles. The van der Waals surface area contributed by atoms with Crippen molar-refractivity contribution in [2.45, 2.75) is 51.4 Å². The number of carbonyl (C=O) groups is 3. The molecule has 3 amide bonds. The zero-order valence-corrected chi connectivity index (χ0v) is 22.9. The zero-order valence-electron chi connectivity index (χ0n) is 22.9. The van der Waals surface area contributed by atoms with Gasteiger partial charge in [0.25, 0.3) is 5.56 Å². The third-order valence-electron chi connectivity index (χ3n) is 6.14. The Morgan fingerprint density at radius 2 is 1.95 bits per heavy atom. The fourth-order valence-electron chi connectivity index (χ4n) is 3.93. The van der Waals surface area contributed by atoms with Crippen LogP contribution in [0.25, 0.3) is 11.0 Å². The second kappa shape index (κ2) is 13.3. The molecule has 12 nitrogen and oxygen atoms in total. The first-order valence-electron chi connectivity index (χ1n) is 12.6. The van der Waals surface area contributed by atoms with Crippen molar-refractivity contribution in [3.05, 3.63) is 63.9 Å². The second-order valence-electron chi connectivity index (χ2n) is 9.56. The standard InChI is InChI=1S/C26H29F4N7O5/c1-14-8-9-18(32-23(39)17(33-25(41)42)6-4-5-7-20(38)36(2)3)24(40)37(14)13-19-34-21-15(27)12-31-16(22(21)35-19)10-11-26(28,29)30/h5,7-9,12,17,33H,4,6,10-11,13H2,1-3H3,(H,32,39)(H,34,35)(H,41,42). The SMILES string of the molecule is Cc1ccc(NC(=O)C(CCC=CC(=O)N(C)C)NC(=O)O)c(=O)n1Cc1nc2c(F)cnc(CCC(F)(F)F)c2[nH]1. The van der Waals surface area contributed by atoms with Crippen molar-refractivity contribution in [1.29, 1.82) is 0 Å². The maximum atomic E-state index is 14.4. The maximum absolute atomic E-state index is 14.4. The van der Waals surface area contributed by atoms with Crippen molar-refractivity contribution < 1.29 is 37.1 Å². The van der Waals surface area contributed by atoms with Gasteiger partial charge in [-0.15, -0.1) is 0 Å². The number of aromatic amines is 1. The summed E-state index contributed by atoms with van der Waals surface area (Å²) in [4.78, 5) is 61.0. The number of rotatable bonds is 11. The molecule has 0 aromatic carbocycles. The zero-order chi connectivity index (χ0) is 31.2. The van der Waals surface area contributed by atoms with Gasteiger partial charge in [-0.1, -0.05) is 6.08 Å². The minimum atomic E-state index is -4.44. The number of amides is 3. The molecule has 3 heterocycles. The van der Waals surface area contributed by atoms with E-state index in [4.69, 9.17) is 5.11 Å². The first-order valence-corrected chi connectivity index (χ1v) is 12.6. The first kappa shape index (κ1) is 31.8. The topological polar surface area (TPSA) is 162 Å². The highest BCUT2D eigenvalue weighted by Gasteiger charge is 2.28. The Kier molecular flexibility index (Phi) is 10.0. The molecule has 0 aliphatic carbocycles. The molecule has 0 bridgehead atoms. The van der Waals surface area contributed by atoms with Crippen LogP contribution in [0.2, 0.25) is 0 Å². The summed E-state index contributed by atoms with van der Waals surface area (Å²) in [6, 6.07) is 1.58. The number of allylic oxidation sites excluding steroid dienone is 1. The van der Waals surface area contributed by atoms with Crippen LogP contribution >= 0.6 is 0 Å². The summed E-state index contributed by atoms with van der Waals surface area (Å²) in [5, 5.41) is 13.6. The third kappa shape index (κ3) is 8.37. The van der Waals surface area contributed by atoms with E-state index in [1.807, 2.05) is 0 Å². The summed E-state index contributed by atoms with van der Waals surface area (Å²) in [5.41, 5.74) is -0.735. The number of hydrogen-bond donors (Lipinski definition) is 4. The van der Waals surface area contributed by atoms with E-state index >= 15 is 0 Å². The van der Waals surface area contributed by atoms with Gasteiger partial charge in [0.2, 0.25) is 11.8 Å². The lowest BCUT2D eigenvalue weighted by atomic mass is 10.1. The average molecular weight is 596 g/mol. The fourth-order valence-corrected chi connectivity index (χ4v) is 3.93. The van der Waals surface area contributed by atoms with Crippen molar-refractivity contribution in [3.63, 3.8) is 0 Å². The van der Waals surface area contributed by atoms with Crippen LogP contribution in [0.1, 0.15) is 36.5 Å². The Labute approximate surface area is 236 Å². The number of carbonyl (C=O) groups excluding carboxylic acids is 2. The number of fused-ring (bicyclic) bond motifs is 1. The van der Waals surface area contributed by atoms with Crippen LogP contribution < -0.4 is 16.2 Å². The molecule has 0 aliphatic heterocycles. The van der Waals surface area contributed by atoms with Gasteiger partial charge < -0.3 is 30.2 Å². The van der Waals surface area contributed by atoms with E-state index in [0.717, 1.165) is 6.20 Å². The van der Waals surface area contributed by atoms with Crippen LogP contribution in [0.15, 0.2) is 35.3 Å². The summed E-state index contributed by atoms with van der Waals surface area (Å²) in [6.07, 6.45) is -3.86. The predicted molar refractivity (Wildman–Crippen MR) is 143 cm³/mol. The van der Waals surface area contributed by atoms with Gasteiger partial charge in [0.1, 0.15) is 23.1 Å². The Morgan fingerprint density at radius 3 is 2.60 bits per heavy atom. The number of aryl methyl sites for hydroxylation is 2. The maximum Gasteiger partial charge on any atom is 0.405 e. The van der Waals surface area contributed by atoms with Crippen molar-refractivity contribution in [2.24, 2.45) is 0 Å². The quantitative estimate of drug-likeness (QED) is 0.196. The lowest BCUT2D eigenvalue weighted by Crippen LogP contribution is -2.44. The van der Waals surface area contributed by atoms with Gasteiger partial charge in [0.15, 0.2) is 5.82 Å². The summed E-state index contributed by atoms with van der Waals surface area (Å²) in [5.74, 6) is -1.90. The number of pyridine rings is 2. The van der Waals surface area contributed by atoms with E-state index in [1.54, 1.807) is 21.0 Å². The lowest BCUT2D eigenvalue weighted by molar-refractivity contribution is -0.134. The molecule has 4 N–H and O–H groups in total. The molecule has 3 rings (SSSR count). The number of likely N-dealkylation sites (N-methyl/N-ethyl adjacent to an activating group) is 1. The van der Waals surface area contributed by atoms with Gasteiger partial charge >= 0.3 is 12.3 Å². The van der Waals surface area contributed by atoms with Crippen LogP contribution in [0, 0.1) is 12.7 Å². The van der Waals surface area contributed by atoms with Gasteiger partial charge in [-0.2, -0.15) is 13.2 Å². The minimum absolute atomic E-state index is 0.00928. The van der Waals surface area contributed by atoms with Gasteiger partial charge in [-0.25, -0.2) is 14.2 Å². The van der Waals surface area contributed by atoms with Crippen LogP contribution in [-0.2, 0) is 22.6 Å². The minimum Gasteiger partial charge on any atom is -0.465 e. The van der Waals surface area contributed by atoms with Gasteiger partial charge in [-0.05, 0) is 38.0 Å². The molecular formula is C26H29F4N7O5. The molecule has 0 fully saturated rings. The molecule has 226 valence electrons. The van der Waals surface area contributed by atoms with Crippen molar-refractivity contribution in [3.8, 4) is 0 Å². The smallest absolute Gasteiger partial charge is 0.405 e. The normalized spacial score (nSPS) is 12.5. The van der Waals surface area contributed by atoms with E-state index in [-0.39, 0.29) is 53.5 Å². The number of nitrogens with zero attached hydrogens (tertiary/aromatic N) is 4. The molecule has 1 unspecified atom stereocenters. The molecule has 0 aliphatic rings. The predicted octanol–water partition coefficient (Wildman–Crippen LogP) is 3.11. The van der Waals surface area contributed by atoms with E-state index in [9.17, 15) is 36.7 Å². The number of nitrogens with one attached hydrogen (secondary N) is 3. The Morgan fingerprint density at radius 1 is 1.24 bits per heavy atom. The number of carboxylic acid groups (broad SMARTS) is 1. The van der Waals surface area contributed by atoms with Crippen molar-refractivity contribution in [2.75, 3.05) is 19.4 Å². The second-order valence-corrected chi connectivity index (χ2v) is 9.56. The van der Waals surface area contributed by atoms with Crippen LogP contribution in [0.5, 0.6) is 0 Å². The van der Waals surface area contributed by atoms with Crippen LogP contribution in [0.3, 0.4) is 0 Å². The summed E-state index contributed by atoms with van der Waals surface area (Å²) >= 11 is 0. The number of aromatic nitrogens is 4. The number of H-pyrrole nitrogens is 1. The molecule has 0 saturated heterocycles. The third-order valence-corrected chi connectivity index (χ3v) is 6.14. The molecule has 42 heavy (non-hydrogen) atoms.